The normalized spacial score (nSPS) is 15.5. The van der Waals surface area contributed by atoms with Gasteiger partial charge in [0.2, 0.25) is 5.91 Å². The van der Waals surface area contributed by atoms with E-state index in [1.165, 1.54) is 57.8 Å². The number of carbonyl (C=O) groups is 1. The Balaban J connectivity index is 4.74. The average molecular weight is 589 g/mol. The van der Waals surface area contributed by atoms with Crippen molar-refractivity contribution in [2.45, 2.75) is 129 Å². The summed E-state index contributed by atoms with van der Waals surface area (Å²) < 4.78 is 22.9. The molecule has 8 nitrogen and oxygen atoms in total. The first-order valence-corrected chi connectivity index (χ1v) is 17.2. The van der Waals surface area contributed by atoms with Crippen molar-refractivity contribution in [2.24, 2.45) is 0 Å². The maximum absolute atomic E-state index is 12.6. The van der Waals surface area contributed by atoms with Gasteiger partial charge in [-0.1, -0.05) is 102 Å². The van der Waals surface area contributed by atoms with Crippen LogP contribution < -0.4 is 10.2 Å². The maximum Gasteiger partial charge on any atom is 0.268 e. The summed E-state index contributed by atoms with van der Waals surface area (Å²) >= 11 is 0. The van der Waals surface area contributed by atoms with Crippen LogP contribution in [0.25, 0.3) is 0 Å². The Morgan fingerprint density at radius 1 is 0.850 bits per heavy atom. The number of aliphatic hydroxyl groups excluding tert-OH is 1. The number of quaternary nitrogens is 1. The van der Waals surface area contributed by atoms with Gasteiger partial charge in [0.05, 0.1) is 39.9 Å². The molecule has 0 aliphatic carbocycles. The minimum atomic E-state index is -4.57. The second-order valence-electron chi connectivity index (χ2n) is 11.8. The highest BCUT2D eigenvalue weighted by Crippen LogP contribution is 2.38. The lowest BCUT2D eigenvalue weighted by Gasteiger charge is -2.29. The first-order valence-electron chi connectivity index (χ1n) is 15.7. The summed E-state index contributed by atoms with van der Waals surface area (Å²) in [5.74, 6) is -0.219. The molecule has 0 rings (SSSR count). The molecule has 3 atom stereocenters. The van der Waals surface area contributed by atoms with Crippen molar-refractivity contribution in [2.75, 3.05) is 40.9 Å². The lowest BCUT2D eigenvalue weighted by molar-refractivity contribution is -0.870. The van der Waals surface area contributed by atoms with Crippen molar-refractivity contribution in [1.82, 2.24) is 5.32 Å². The van der Waals surface area contributed by atoms with Crippen LogP contribution in [-0.2, 0) is 18.4 Å². The molecule has 0 heterocycles. The summed E-state index contributed by atoms with van der Waals surface area (Å²) in [4.78, 5) is 24.8. The summed E-state index contributed by atoms with van der Waals surface area (Å²) in [5, 5.41) is 13.5. The van der Waals surface area contributed by atoms with Crippen LogP contribution in [0.1, 0.15) is 117 Å². The smallest absolute Gasteiger partial charge is 0.268 e. The van der Waals surface area contributed by atoms with E-state index in [-0.39, 0.29) is 12.5 Å². The molecule has 0 aromatic heterocycles. The van der Waals surface area contributed by atoms with Gasteiger partial charge in [0.25, 0.3) is 7.82 Å². The number of unbranched alkanes of at least 4 members (excludes halogenated alkanes) is 12. The van der Waals surface area contributed by atoms with Gasteiger partial charge in [0, 0.05) is 6.42 Å². The number of hydrogen-bond donors (Lipinski definition) is 2. The minimum Gasteiger partial charge on any atom is -0.756 e. The van der Waals surface area contributed by atoms with E-state index in [0.29, 0.717) is 17.4 Å². The van der Waals surface area contributed by atoms with Crippen LogP contribution in [0.15, 0.2) is 24.3 Å². The third kappa shape index (κ3) is 25.9. The van der Waals surface area contributed by atoms with Crippen molar-refractivity contribution in [3.8, 4) is 0 Å². The summed E-state index contributed by atoms with van der Waals surface area (Å²) in [7, 11) is 1.24. The van der Waals surface area contributed by atoms with Gasteiger partial charge in [-0.15, -0.1) is 0 Å². The number of hydrogen-bond acceptors (Lipinski definition) is 6. The van der Waals surface area contributed by atoms with E-state index in [9.17, 15) is 19.4 Å². The Labute approximate surface area is 245 Å². The Hall–Kier alpha value is -1.02. The number of phosphoric ester groups is 1. The highest BCUT2D eigenvalue weighted by Gasteiger charge is 2.23. The molecule has 0 radical (unpaired) electrons. The molecule has 9 heteroatoms. The van der Waals surface area contributed by atoms with Gasteiger partial charge in [-0.3, -0.25) is 9.36 Å². The molecule has 1 unspecified atom stereocenters. The zero-order valence-electron chi connectivity index (χ0n) is 26.3. The fourth-order valence-electron chi connectivity index (χ4n) is 4.05. The second-order valence-corrected chi connectivity index (χ2v) is 13.2. The largest absolute Gasteiger partial charge is 0.756 e. The number of phosphoric acid groups is 1. The molecule has 0 saturated heterocycles. The Morgan fingerprint density at radius 3 is 2.02 bits per heavy atom. The van der Waals surface area contributed by atoms with Gasteiger partial charge in [-0.2, -0.15) is 0 Å². The van der Waals surface area contributed by atoms with Crippen molar-refractivity contribution in [3.63, 3.8) is 0 Å². The van der Waals surface area contributed by atoms with Gasteiger partial charge >= 0.3 is 0 Å². The van der Waals surface area contributed by atoms with Crippen LogP contribution in [0.5, 0.6) is 0 Å². The number of likely N-dealkylation sites (N-methyl/N-ethyl adjacent to an activating group) is 1. The predicted molar refractivity (Wildman–Crippen MR) is 164 cm³/mol. The highest BCUT2D eigenvalue weighted by molar-refractivity contribution is 7.45. The van der Waals surface area contributed by atoms with Crippen LogP contribution in [-0.4, -0.2) is 68.5 Å². The minimum absolute atomic E-state index is 0.00568. The third-order valence-corrected chi connectivity index (χ3v) is 7.63. The van der Waals surface area contributed by atoms with Crippen LogP contribution in [0.4, 0.5) is 0 Å². The summed E-state index contributed by atoms with van der Waals surface area (Å²) in [6, 6.07) is -0.892. The monoisotopic (exact) mass is 588 g/mol. The van der Waals surface area contributed by atoms with Crippen molar-refractivity contribution in [3.05, 3.63) is 24.3 Å². The number of aliphatic hydroxyl groups is 1. The van der Waals surface area contributed by atoms with Crippen LogP contribution in [0.3, 0.4) is 0 Å². The zero-order valence-corrected chi connectivity index (χ0v) is 27.2. The van der Waals surface area contributed by atoms with Crippen LogP contribution in [0, 0.1) is 0 Å². The fourth-order valence-corrected chi connectivity index (χ4v) is 4.77. The molecule has 0 fully saturated rings. The molecule has 0 spiro atoms. The molecule has 2 N–H and O–H groups in total. The predicted octanol–water partition coefficient (Wildman–Crippen LogP) is 6.43. The molecule has 0 saturated carbocycles. The molecule has 40 heavy (non-hydrogen) atoms. The average Bonchev–Trinajstić information content (AvgIpc) is 2.88. The number of amides is 1. The fraction of sp³-hybridized carbons (Fsp3) is 0.839. The number of rotatable bonds is 27. The van der Waals surface area contributed by atoms with Crippen LogP contribution >= 0.6 is 7.82 Å². The van der Waals surface area contributed by atoms with E-state index in [4.69, 9.17) is 9.05 Å². The summed E-state index contributed by atoms with van der Waals surface area (Å²) in [6.45, 7) is 4.50. The lowest BCUT2D eigenvalue weighted by atomic mass is 10.1. The van der Waals surface area contributed by atoms with Crippen LogP contribution in [0.2, 0.25) is 0 Å². The molecule has 0 aliphatic rings. The van der Waals surface area contributed by atoms with Crippen molar-refractivity contribution >= 4 is 13.7 Å². The topological polar surface area (TPSA) is 108 Å². The first kappa shape index (κ1) is 39.0. The van der Waals surface area contributed by atoms with E-state index < -0.39 is 26.6 Å². The third-order valence-electron chi connectivity index (χ3n) is 6.66. The molecular formula is C31H61N2O6P. The standard InChI is InChI=1S/C31H61N2O6P/c1-6-8-10-12-14-15-16-17-19-20-22-24-30(34)29(28-39-40(36,37)38-27-26-33(3,4)5)32-31(35)25-23-21-18-13-11-9-7-2/h16-17,22,24,29-30,34H,6-15,18-21,23,25-28H2,1-5H3,(H-,32,35,36,37)/b17-16+,24-22+/t29-,30+/m0/s1. The van der Waals surface area contributed by atoms with Gasteiger partial charge in [-0.25, -0.2) is 0 Å². The van der Waals surface area contributed by atoms with Crippen molar-refractivity contribution in [1.29, 1.82) is 0 Å². The van der Waals surface area contributed by atoms with E-state index in [1.54, 1.807) is 6.08 Å². The number of nitrogens with zero attached hydrogens (tertiary/aromatic N) is 1. The van der Waals surface area contributed by atoms with E-state index in [2.05, 4.69) is 31.3 Å². The highest BCUT2D eigenvalue weighted by atomic mass is 31.2. The number of carbonyl (C=O) groups excluding carboxylic acids is 1. The number of allylic oxidation sites excluding steroid dienone is 3. The molecule has 0 aromatic rings. The summed E-state index contributed by atoms with van der Waals surface area (Å²) in [5.41, 5.74) is 0. The Bertz CT molecular complexity index is 723. The molecule has 0 aliphatic heterocycles. The van der Waals surface area contributed by atoms with E-state index in [1.807, 2.05) is 27.2 Å². The van der Waals surface area contributed by atoms with E-state index in [0.717, 1.165) is 38.5 Å². The summed E-state index contributed by atoms with van der Waals surface area (Å²) in [6.07, 6.45) is 23.8. The zero-order chi connectivity index (χ0) is 30.1. The molecular weight excluding hydrogens is 527 g/mol. The van der Waals surface area contributed by atoms with Gasteiger partial charge < -0.3 is 28.8 Å². The Kier molecular flexibility index (Phi) is 23.9. The SMILES string of the molecule is CCCCCCC/C=C/CC/C=C/[C@@H](O)[C@H](COP(=O)([O-])OCC[N+](C)(C)C)NC(=O)CCCCCCCCC. The van der Waals surface area contributed by atoms with Gasteiger partial charge in [0.15, 0.2) is 0 Å². The molecule has 1 amide bonds. The lowest BCUT2D eigenvalue weighted by Crippen LogP contribution is -2.45. The second kappa shape index (κ2) is 24.6. The van der Waals surface area contributed by atoms with Gasteiger partial charge in [0.1, 0.15) is 13.2 Å². The molecule has 0 bridgehead atoms. The quantitative estimate of drug-likeness (QED) is 0.0495. The maximum atomic E-state index is 12.6. The number of nitrogens with one attached hydrogen (secondary N) is 1. The molecule has 236 valence electrons. The van der Waals surface area contributed by atoms with Crippen molar-refractivity contribution < 1.29 is 32.9 Å². The Morgan fingerprint density at radius 2 is 1.40 bits per heavy atom. The van der Waals surface area contributed by atoms with Gasteiger partial charge in [-0.05, 0) is 32.1 Å². The van der Waals surface area contributed by atoms with E-state index >= 15 is 0 Å². The first-order chi connectivity index (χ1) is 19.0. The molecule has 0 aromatic carbocycles.